The van der Waals surface area contributed by atoms with E-state index in [9.17, 15) is 49.5 Å². The number of aromatic nitrogens is 1. The minimum atomic E-state index is -5.73. The van der Waals surface area contributed by atoms with Crippen molar-refractivity contribution in [1.29, 1.82) is 0 Å². The Bertz CT molecular complexity index is 2290. The summed E-state index contributed by atoms with van der Waals surface area (Å²) < 4.78 is 134. The Hall–Kier alpha value is -4.75. The number of hydrogen-bond acceptors (Lipinski definition) is 7. The number of pyridine rings is 1. The van der Waals surface area contributed by atoms with Gasteiger partial charge in [-0.2, -0.15) is 17.5 Å². The van der Waals surface area contributed by atoms with Crippen LogP contribution in [-0.2, 0) is 34.1 Å². The smallest absolute Gasteiger partial charge is 0.416 e. The van der Waals surface area contributed by atoms with E-state index in [4.69, 9.17) is 4.74 Å². The number of alkyl halides is 3. The summed E-state index contributed by atoms with van der Waals surface area (Å²) in [6.45, 7) is 0.0965. The summed E-state index contributed by atoms with van der Waals surface area (Å²) >= 11 is 2.45. The molecule has 0 atom stereocenters. The van der Waals surface area contributed by atoms with Crippen molar-refractivity contribution in [2.75, 3.05) is 36.0 Å². The van der Waals surface area contributed by atoms with Crippen molar-refractivity contribution >= 4 is 49.2 Å². The fraction of sp³-hybridized carbons (Fsp3) is 0.342. The number of sulfonamides is 1. The number of benzene rings is 3. The fourth-order valence-electron chi connectivity index (χ4n) is 6.65. The van der Waals surface area contributed by atoms with Gasteiger partial charge < -0.3 is 19.6 Å². The largest absolute Gasteiger partial charge is 0.492 e. The van der Waals surface area contributed by atoms with Gasteiger partial charge in [0.1, 0.15) is 10.6 Å². The van der Waals surface area contributed by atoms with Crippen molar-refractivity contribution in [3.8, 4) is 5.75 Å². The number of hydrogen-bond donors (Lipinski definition) is 1. The number of carboxylic acid groups (broad SMARTS) is 1. The number of carbonyl (C=O) groups is 2. The first kappa shape index (κ1) is 41.9. The summed E-state index contributed by atoms with van der Waals surface area (Å²) in [7, 11) is -5.73. The van der Waals surface area contributed by atoms with Crippen LogP contribution in [0.15, 0.2) is 64.2 Å². The second kappa shape index (κ2) is 16.6. The molecule has 3 aromatic carbocycles. The molecule has 1 aliphatic carbocycles. The van der Waals surface area contributed by atoms with Crippen LogP contribution >= 0.6 is 15.9 Å². The van der Waals surface area contributed by atoms with Crippen molar-refractivity contribution in [3.63, 3.8) is 0 Å². The van der Waals surface area contributed by atoms with Crippen molar-refractivity contribution in [2.45, 2.75) is 62.7 Å². The number of amides is 1. The number of anilines is 2. The first-order valence-corrected chi connectivity index (χ1v) is 19.9. The topological polar surface area (TPSA) is 120 Å². The lowest BCUT2D eigenvalue weighted by Crippen LogP contribution is -2.43. The lowest BCUT2D eigenvalue weighted by molar-refractivity contribution is -0.138. The van der Waals surface area contributed by atoms with Crippen molar-refractivity contribution < 1.29 is 58.6 Å². The molecule has 2 heterocycles. The molecule has 10 nitrogen and oxygen atoms in total. The van der Waals surface area contributed by atoms with Crippen LogP contribution in [0.5, 0.6) is 5.75 Å². The van der Waals surface area contributed by atoms with Gasteiger partial charge in [0.05, 0.1) is 41.0 Å². The molecule has 0 spiro atoms. The van der Waals surface area contributed by atoms with E-state index in [1.54, 1.807) is 6.92 Å². The van der Waals surface area contributed by atoms with Gasteiger partial charge in [0.25, 0.3) is 0 Å². The highest BCUT2D eigenvalue weighted by molar-refractivity contribution is 9.10. The fourth-order valence-corrected chi connectivity index (χ4v) is 9.10. The molecular weight excluding hydrogens is 853 g/mol. The van der Waals surface area contributed by atoms with Crippen LogP contribution in [0.25, 0.3) is 0 Å². The van der Waals surface area contributed by atoms with Gasteiger partial charge in [0.2, 0.25) is 15.9 Å². The zero-order valence-electron chi connectivity index (χ0n) is 30.1. The number of halogens is 8. The predicted molar refractivity (Wildman–Crippen MR) is 196 cm³/mol. The average molecular weight is 888 g/mol. The highest BCUT2D eigenvalue weighted by Gasteiger charge is 2.40. The Balaban J connectivity index is 1.51. The average Bonchev–Trinajstić information content (AvgIpc) is 3.88. The van der Waals surface area contributed by atoms with Crippen LogP contribution < -0.4 is 14.5 Å². The minimum Gasteiger partial charge on any atom is -0.492 e. The highest BCUT2D eigenvalue weighted by atomic mass is 79.9. The molecule has 1 aliphatic heterocycles. The Morgan fingerprint density at radius 2 is 1.65 bits per heavy atom. The molecule has 1 saturated heterocycles. The minimum absolute atomic E-state index is 0.0227. The van der Waals surface area contributed by atoms with E-state index in [2.05, 4.69) is 31.9 Å². The van der Waals surface area contributed by atoms with Gasteiger partial charge in [0.15, 0.2) is 23.3 Å². The second-order valence-electron chi connectivity index (χ2n) is 13.5. The van der Waals surface area contributed by atoms with Crippen LogP contribution in [0.4, 0.5) is 42.1 Å². The molecule has 0 unspecified atom stereocenters. The monoisotopic (exact) mass is 886 g/mol. The predicted octanol–water partition coefficient (Wildman–Crippen LogP) is 8.42. The van der Waals surface area contributed by atoms with Gasteiger partial charge in [0, 0.05) is 37.7 Å². The molecule has 1 amide bonds. The van der Waals surface area contributed by atoms with E-state index in [-0.39, 0.29) is 40.4 Å². The van der Waals surface area contributed by atoms with Crippen molar-refractivity contribution in [3.05, 3.63) is 110 Å². The molecule has 1 aromatic heterocycles. The molecular formula is C38H34BrF7N4O6S. The van der Waals surface area contributed by atoms with Gasteiger partial charge in [-0.1, -0.05) is 6.07 Å². The maximum absolute atomic E-state index is 15.4. The summed E-state index contributed by atoms with van der Waals surface area (Å²) in [5, 5.41) is 9.70. The molecule has 6 rings (SSSR count). The third-order valence-corrected chi connectivity index (χ3v) is 12.4. The first-order chi connectivity index (χ1) is 26.9. The zero-order chi connectivity index (χ0) is 41.4. The molecule has 4 aromatic rings. The van der Waals surface area contributed by atoms with E-state index in [0.29, 0.717) is 17.8 Å². The van der Waals surface area contributed by atoms with Crippen LogP contribution in [-0.4, -0.2) is 60.9 Å². The van der Waals surface area contributed by atoms with E-state index in [1.165, 1.54) is 6.07 Å². The van der Waals surface area contributed by atoms with Crippen LogP contribution in [0.2, 0.25) is 0 Å². The number of carbonyl (C=O) groups excluding carboxylic acids is 1. The molecule has 1 saturated carbocycles. The van der Waals surface area contributed by atoms with Gasteiger partial charge in [-0.3, -0.25) is 9.78 Å². The molecule has 2 fully saturated rings. The Morgan fingerprint density at radius 3 is 2.28 bits per heavy atom. The standard InChI is InChI=1S/C38H34BrF7N4O6S/c1-2-56-29-16-23(37(52)53)7-8-28(29)50(18-21-13-24(22-5-6-22)15-26(14-21)48-11-3-4-12-48)30(51)20-49(19-25-17-47-10-9-27(25)38(44,45)46)57(54,55)36-31(39)32(40)33(41)34(42)35(36)43/h7-10,13-17,22H,2-6,11-12,18-20H2,1H3,(H,52,53). The number of ether oxygens (including phenoxy) is 1. The normalized spacial score (nSPS) is 14.7. The van der Waals surface area contributed by atoms with Gasteiger partial charge >= 0.3 is 12.1 Å². The van der Waals surface area contributed by atoms with Crippen LogP contribution in [0.3, 0.4) is 0 Å². The highest BCUT2D eigenvalue weighted by Crippen LogP contribution is 2.43. The van der Waals surface area contributed by atoms with Gasteiger partial charge in [-0.15, -0.1) is 0 Å². The Morgan fingerprint density at radius 1 is 0.965 bits per heavy atom. The summed E-state index contributed by atoms with van der Waals surface area (Å²) in [5.74, 6) is -11.8. The summed E-state index contributed by atoms with van der Waals surface area (Å²) in [5.41, 5.74) is -0.0964. The quantitative estimate of drug-likeness (QED) is 0.0762. The van der Waals surface area contributed by atoms with Crippen LogP contribution in [0.1, 0.15) is 71.1 Å². The molecule has 0 bridgehead atoms. The molecule has 0 radical (unpaired) electrons. The lowest BCUT2D eigenvalue weighted by Gasteiger charge is -2.30. The van der Waals surface area contributed by atoms with Crippen molar-refractivity contribution in [1.82, 2.24) is 9.29 Å². The number of aromatic carboxylic acids is 1. The van der Waals surface area contributed by atoms with Gasteiger partial charge in [-0.25, -0.2) is 30.8 Å². The maximum atomic E-state index is 15.4. The first-order valence-electron chi connectivity index (χ1n) is 17.6. The van der Waals surface area contributed by atoms with Crippen molar-refractivity contribution in [2.24, 2.45) is 0 Å². The van der Waals surface area contributed by atoms with E-state index in [1.807, 2.05) is 12.1 Å². The third kappa shape index (κ3) is 8.89. The lowest BCUT2D eigenvalue weighted by atomic mass is 10.0. The number of rotatable bonds is 14. The van der Waals surface area contributed by atoms with Crippen LogP contribution in [0, 0.1) is 23.3 Å². The molecule has 57 heavy (non-hydrogen) atoms. The number of carboxylic acids is 1. The molecule has 19 heteroatoms. The Kier molecular flexibility index (Phi) is 12.2. The van der Waals surface area contributed by atoms with Gasteiger partial charge in [-0.05, 0) is 108 Å². The maximum Gasteiger partial charge on any atom is 0.416 e. The zero-order valence-corrected chi connectivity index (χ0v) is 32.5. The third-order valence-electron chi connectivity index (χ3n) is 9.59. The van der Waals surface area contributed by atoms with E-state index in [0.717, 1.165) is 73.3 Å². The summed E-state index contributed by atoms with van der Waals surface area (Å²) in [6, 6.07) is 9.81. The number of nitrogens with zero attached hydrogens (tertiary/aromatic N) is 4. The Labute approximate surface area is 331 Å². The summed E-state index contributed by atoms with van der Waals surface area (Å²) in [4.78, 5) is 31.6. The molecule has 1 N–H and O–H groups in total. The van der Waals surface area contributed by atoms with E-state index >= 15 is 4.39 Å². The second-order valence-corrected chi connectivity index (χ2v) is 16.2. The summed E-state index contributed by atoms with van der Waals surface area (Å²) in [6.07, 6.45) is 0.117. The molecule has 2 aliphatic rings. The SMILES string of the molecule is CCOc1cc(C(=O)O)ccc1N(Cc1cc(C2CC2)cc(N2CCCC2)c1)C(=O)CN(Cc1cnccc1C(F)(F)F)S(=O)(=O)c1c(F)c(F)c(F)c(F)c1Br. The molecule has 304 valence electrons. The van der Waals surface area contributed by atoms with E-state index < -0.39 is 84.9 Å².